The predicted molar refractivity (Wildman–Crippen MR) is 133 cm³/mol. The number of ether oxygens (including phenoxy) is 1. The highest BCUT2D eigenvalue weighted by atomic mass is 16.5. The predicted octanol–water partition coefficient (Wildman–Crippen LogP) is -0.822. The zero-order valence-electron chi connectivity index (χ0n) is 21.3. The number of hydrogen-bond acceptors (Lipinski definition) is 8. The molecule has 0 spiro atoms. The van der Waals surface area contributed by atoms with Crippen LogP contribution in [0, 0.1) is 5.92 Å². The number of nitrogens with zero attached hydrogens (tertiary/aromatic N) is 5. The third-order valence-electron chi connectivity index (χ3n) is 6.25. The van der Waals surface area contributed by atoms with Gasteiger partial charge in [0, 0.05) is 52.3 Å². The zero-order valence-corrected chi connectivity index (χ0v) is 21.3. The number of nitrogens with one attached hydrogen (secondary N) is 2. The Bertz CT molecular complexity index is 1190. The normalized spacial score (nSPS) is 18.9. The van der Waals surface area contributed by atoms with E-state index in [4.69, 9.17) is 14.6 Å². The number of amides is 3. The number of pyridine rings is 1. The molecule has 38 heavy (non-hydrogen) atoms. The largest absolute Gasteiger partial charge is 0.489 e. The van der Waals surface area contributed by atoms with Gasteiger partial charge in [-0.3, -0.25) is 23.7 Å². The first-order chi connectivity index (χ1) is 18.3. The molecular formula is C24H33N7O7. The lowest BCUT2D eigenvalue weighted by Gasteiger charge is -2.29. The molecule has 2 aromatic heterocycles. The Morgan fingerprint density at radius 3 is 2.71 bits per heavy atom. The first kappa shape index (κ1) is 28.3. The Labute approximate surface area is 219 Å². The molecule has 0 bridgehead atoms. The van der Waals surface area contributed by atoms with E-state index in [0.29, 0.717) is 70.0 Å². The highest BCUT2D eigenvalue weighted by molar-refractivity contribution is 5.94. The Kier molecular flexibility index (Phi) is 10.4. The molecule has 1 atom stereocenters. The van der Waals surface area contributed by atoms with Crippen molar-refractivity contribution in [2.24, 2.45) is 13.0 Å². The third-order valence-corrected chi connectivity index (χ3v) is 6.25. The van der Waals surface area contributed by atoms with Crippen LogP contribution in [0.2, 0.25) is 0 Å². The maximum Gasteiger partial charge on any atom is 0.345 e. The fourth-order valence-electron chi connectivity index (χ4n) is 4.43. The SMILES string of the molecule is Cn1nc2n(c1=O)CC(C(=O)N1CCCNC(=O)c3ncccc3OCCNC(=O)CCC1)CC2.O=CO. The lowest BCUT2D eigenvalue weighted by molar-refractivity contribution is -0.137. The van der Waals surface area contributed by atoms with Gasteiger partial charge in [-0.25, -0.2) is 14.5 Å². The van der Waals surface area contributed by atoms with Crippen molar-refractivity contribution in [1.82, 2.24) is 34.9 Å². The van der Waals surface area contributed by atoms with E-state index in [2.05, 4.69) is 20.7 Å². The molecule has 0 aliphatic carbocycles. The molecule has 206 valence electrons. The number of carbonyl (C=O) groups is 4. The van der Waals surface area contributed by atoms with Crippen molar-refractivity contribution < 1.29 is 29.0 Å². The number of aromatic nitrogens is 4. The zero-order chi connectivity index (χ0) is 27.5. The van der Waals surface area contributed by atoms with Crippen LogP contribution in [0.5, 0.6) is 5.75 Å². The Morgan fingerprint density at radius 1 is 1.16 bits per heavy atom. The minimum atomic E-state index is -0.356. The smallest absolute Gasteiger partial charge is 0.345 e. The number of carbonyl (C=O) groups excluding carboxylic acids is 3. The van der Waals surface area contributed by atoms with E-state index in [-0.39, 0.29) is 54.5 Å². The summed E-state index contributed by atoms with van der Waals surface area (Å²) in [7, 11) is 1.61. The Hall–Kier alpha value is -4.23. The van der Waals surface area contributed by atoms with Crippen LogP contribution >= 0.6 is 0 Å². The van der Waals surface area contributed by atoms with E-state index in [9.17, 15) is 19.2 Å². The monoisotopic (exact) mass is 531 g/mol. The maximum atomic E-state index is 13.4. The fourth-order valence-corrected chi connectivity index (χ4v) is 4.43. The second-order valence-electron chi connectivity index (χ2n) is 8.86. The summed E-state index contributed by atoms with van der Waals surface area (Å²) in [4.78, 5) is 64.8. The average molecular weight is 532 g/mol. The Balaban J connectivity index is 0.00000127. The van der Waals surface area contributed by atoms with Gasteiger partial charge in [0.1, 0.15) is 12.4 Å². The topological polar surface area (TPSA) is 178 Å². The third kappa shape index (κ3) is 7.40. The fraction of sp³-hybridized carbons (Fsp3) is 0.542. The van der Waals surface area contributed by atoms with Gasteiger partial charge in [-0.15, -0.1) is 0 Å². The first-order valence-corrected chi connectivity index (χ1v) is 12.5. The summed E-state index contributed by atoms with van der Waals surface area (Å²) in [6, 6.07) is 3.34. The van der Waals surface area contributed by atoms with Gasteiger partial charge in [0.15, 0.2) is 11.4 Å². The average Bonchev–Trinajstić information content (AvgIpc) is 3.20. The van der Waals surface area contributed by atoms with E-state index in [1.807, 2.05) is 0 Å². The number of hydrogen-bond donors (Lipinski definition) is 3. The van der Waals surface area contributed by atoms with E-state index in [0.717, 1.165) is 0 Å². The summed E-state index contributed by atoms with van der Waals surface area (Å²) in [5.41, 5.74) is -0.0403. The molecular weight excluding hydrogens is 498 g/mol. The molecule has 0 fully saturated rings. The first-order valence-electron chi connectivity index (χ1n) is 12.5. The molecule has 1 unspecified atom stereocenters. The van der Waals surface area contributed by atoms with Crippen LogP contribution in [0.3, 0.4) is 0 Å². The molecule has 0 saturated heterocycles. The molecule has 3 N–H and O–H groups in total. The Morgan fingerprint density at radius 2 is 1.92 bits per heavy atom. The van der Waals surface area contributed by atoms with Crippen molar-refractivity contribution in [2.75, 3.05) is 32.8 Å². The lowest BCUT2D eigenvalue weighted by atomic mass is 9.97. The highest BCUT2D eigenvalue weighted by Gasteiger charge is 2.30. The van der Waals surface area contributed by atoms with Crippen LogP contribution in [0.1, 0.15) is 42.0 Å². The molecule has 4 rings (SSSR count). The van der Waals surface area contributed by atoms with Crippen LogP contribution in [-0.2, 0) is 34.4 Å². The van der Waals surface area contributed by atoms with Crippen LogP contribution < -0.4 is 21.1 Å². The molecule has 2 aliphatic heterocycles. The standard InChI is InChI=1S/C23H31N7O5.CH2O2/c1-28-23(34)30-15-16(7-8-18(30)27-28)22(33)29-12-3-6-19(31)24-11-14-35-17-5-2-9-25-20(17)21(32)26-10-4-13-29;2-1-3/h2,5,9,16H,3-4,6-8,10-15H2,1H3,(H,24,31)(H,26,32);1H,(H,2,3). The second kappa shape index (κ2) is 13.9. The molecule has 4 heterocycles. The molecule has 2 aliphatic rings. The summed E-state index contributed by atoms with van der Waals surface area (Å²) >= 11 is 0. The van der Waals surface area contributed by atoms with Gasteiger partial charge in [0.05, 0.1) is 12.5 Å². The minimum absolute atomic E-state index is 0.0420. The van der Waals surface area contributed by atoms with Crippen LogP contribution in [0.25, 0.3) is 0 Å². The van der Waals surface area contributed by atoms with E-state index in [1.165, 1.54) is 10.9 Å². The molecule has 14 nitrogen and oxygen atoms in total. The van der Waals surface area contributed by atoms with Crippen LogP contribution in [0.4, 0.5) is 0 Å². The van der Waals surface area contributed by atoms with Crippen molar-refractivity contribution in [3.63, 3.8) is 0 Å². The summed E-state index contributed by atoms with van der Waals surface area (Å²) in [6.45, 7) is 1.76. The summed E-state index contributed by atoms with van der Waals surface area (Å²) in [5, 5.41) is 16.8. The van der Waals surface area contributed by atoms with E-state index < -0.39 is 0 Å². The van der Waals surface area contributed by atoms with Gasteiger partial charge in [-0.1, -0.05) is 0 Å². The van der Waals surface area contributed by atoms with Gasteiger partial charge in [-0.2, -0.15) is 5.10 Å². The van der Waals surface area contributed by atoms with Crippen molar-refractivity contribution in [3.05, 3.63) is 40.3 Å². The second-order valence-corrected chi connectivity index (χ2v) is 8.86. The van der Waals surface area contributed by atoms with E-state index in [1.54, 1.807) is 28.6 Å². The summed E-state index contributed by atoms with van der Waals surface area (Å²) in [6.07, 6.45) is 4.04. The summed E-state index contributed by atoms with van der Waals surface area (Å²) in [5.74, 6) is 0.204. The van der Waals surface area contributed by atoms with Crippen LogP contribution in [-0.4, -0.2) is 86.3 Å². The van der Waals surface area contributed by atoms with Crippen molar-refractivity contribution >= 4 is 24.2 Å². The van der Waals surface area contributed by atoms with Crippen molar-refractivity contribution in [1.29, 1.82) is 0 Å². The number of carboxylic acid groups (broad SMARTS) is 1. The van der Waals surface area contributed by atoms with E-state index >= 15 is 0 Å². The molecule has 3 amide bonds. The lowest BCUT2D eigenvalue weighted by Crippen LogP contribution is -2.43. The molecule has 0 radical (unpaired) electrons. The molecule has 0 saturated carbocycles. The highest BCUT2D eigenvalue weighted by Crippen LogP contribution is 2.20. The molecule has 0 aromatic carbocycles. The van der Waals surface area contributed by atoms with Gasteiger partial charge < -0.3 is 25.4 Å². The number of aryl methyl sites for hydroxylation is 2. The summed E-state index contributed by atoms with van der Waals surface area (Å²) < 4.78 is 8.51. The minimum Gasteiger partial charge on any atom is -0.489 e. The quantitative estimate of drug-likeness (QED) is 0.397. The van der Waals surface area contributed by atoms with Crippen LogP contribution in [0.15, 0.2) is 23.1 Å². The molecule has 14 heteroatoms. The maximum absolute atomic E-state index is 13.4. The van der Waals surface area contributed by atoms with Crippen molar-refractivity contribution in [3.8, 4) is 5.75 Å². The van der Waals surface area contributed by atoms with Gasteiger partial charge in [0.25, 0.3) is 12.4 Å². The van der Waals surface area contributed by atoms with Crippen molar-refractivity contribution in [2.45, 2.75) is 38.6 Å². The molecule has 2 aromatic rings. The van der Waals surface area contributed by atoms with Gasteiger partial charge >= 0.3 is 5.69 Å². The van der Waals surface area contributed by atoms with Gasteiger partial charge in [-0.05, 0) is 31.4 Å². The van der Waals surface area contributed by atoms with Gasteiger partial charge in [0.2, 0.25) is 11.8 Å². The number of fused-ring (bicyclic) bond motifs is 2. The number of rotatable bonds is 1.